The summed E-state index contributed by atoms with van der Waals surface area (Å²) in [5, 5.41) is 3.03. The van der Waals surface area contributed by atoms with Crippen molar-refractivity contribution in [1.82, 2.24) is 15.2 Å². The zero-order chi connectivity index (χ0) is 16.9. The minimum atomic E-state index is -0.112. The van der Waals surface area contributed by atoms with E-state index in [-0.39, 0.29) is 11.9 Å². The van der Waals surface area contributed by atoms with Crippen LogP contribution in [0.2, 0.25) is 0 Å². The van der Waals surface area contributed by atoms with Gasteiger partial charge in [0.05, 0.1) is 30.5 Å². The Morgan fingerprint density at radius 1 is 1.33 bits per heavy atom. The maximum absolute atomic E-state index is 12.5. The van der Waals surface area contributed by atoms with Crippen LogP contribution in [0, 0.1) is 13.8 Å². The van der Waals surface area contributed by atoms with Gasteiger partial charge in [0.15, 0.2) is 0 Å². The molecule has 128 valence electrons. The fourth-order valence-corrected chi connectivity index (χ4v) is 3.02. The summed E-state index contributed by atoms with van der Waals surface area (Å²) in [6.07, 6.45) is 1.79. The smallest absolute Gasteiger partial charge is 0.254 e. The van der Waals surface area contributed by atoms with Crippen molar-refractivity contribution < 1.29 is 13.9 Å². The largest absolute Gasteiger partial charge is 0.466 e. The molecule has 1 aliphatic rings. The summed E-state index contributed by atoms with van der Waals surface area (Å²) >= 11 is 0. The number of ether oxygens (including phenoxy) is 1. The summed E-state index contributed by atoms with van der Waals surface area (Å²) in [4.78, 5) is 19.2. The van der Waals surface area contributed by atoms with Crippen molar-refractivity contribution in [1.29, 1.82) is 0 Å². The van der Waals surface area contributed by atoms with Gasteiger partial charge in [0.1, 0.15) is 11.5 Å². The van der Waals surface area contributed by atoms with Gasteiger partial charge < -0.3 is 14.5 Å². The number of carbonyl (C=O) groups excluding carboxylic acids is 1. The maximum atomic E-state index is 12.5. The Hall–Kier alpha value is -2.18. The van der Waals surface area contributed by atoms with Crippen LogP contribution in [-0.2, 0) is 4.74 Å². The Kier molecular flexibility index (Phi) is 5.27. The van der Waals surface area contributed by atoms with Crippen LogP contribution in [0.3, 0.4) is 0 Å². The summed E-state index contributed by atoms with van der Waals surface area (Å²) in [6, 6.07) is 7.68. The molecule has 1 aliphatic heterocycles. The predicted octanol–water partition coefficient (Wildman–Crippen LogP) is 2.09. The number of nitrogens with one attached hydrogen (secondary N) is 1. The maximum Gasteiger partial charge on any atom is 0.254 e. The lowest BCUT2D eigenvalue weighted by Crippen LogP contribution is -2.44. The third-order valence-electron chi connectivity index (χ3n) is 4.26. The monoisotopic (exact) mass is 329 g/mol. The van der Waals surface area contributed by atoms with Gasteiger partial charge in [0.2, 0.25) is 0 Å². The number of carbonyl (C=O) groups is 1. The van der Waals surface area contributed by atoms with E-state index in [1.54, 1.807) is 19.2 Å². The fourth-order valence-electron chi connectivity index (χ4n) is 3.02. The zero-order valence-corrected chi connectivity index (χ0v) is 14.1. The van der Waals surface area contributed by atoms with Crippen LogP contribution in [0.25, 0.3) is 0 Å². The number of nitrogens with zero attached hydrogens (tertiary/aromatic N) is 2. The predicted molar refractivity (Wildman–Crippen MR) is 89.9 cm³/mol. The van der Waals surface area contributed by atoms with Crippen molar-refractivity contribution >= 4 is 5.91 Å². The van der Waals surface area contributed by atoms with Gasteiger partial charge in [-0.2, -0.15) is 0 Å². The lowest BCUT2D eigenvalue weighted by Gasteiger charge is -2.34. The summed E-state index contributed by atoms with van der Waals surface area (Å²) < 4.78 is 10.9. The molecule has 1 N–H and O–H groups in total. The second kappa shape index (κ2) is 7.59. The van der Waals surface area contributed by atoms with Crippen molar-refractivity contribution in [2.45, 2.75) is 19.9 Å². The van der Waals surface area contributed by atoms with Crippen LogP contribution >= 0.6 is 0 Å². The van der Waals surface area contributed by atoms with E-state index in [0.717, 1.165) is 24.5 Å². The van der Waals surface area contributed by atoms with Crippen LogP contribution in [0.4, 0.5) is 0 Å². The van der Waals surface area contributed by atoms with Gasteiger partial charge in [-0.3, -0.25) is 14.7 Å². The highest BCUT2D eigenvalue weighted by Crippen LogP contribution is 2.20. The normalized spacial score (nSPS) is 16.8. The zero-order valence-electron chi connectivity index (χ0n) is 14.1. The van der Waals surface area contributed by atoms with E-state index in [9.17, 15) is 4.79 Å². The second-order valence-corrected chi connectivity index (χ2v) is 5.96. The number of aryl methyl sites for hydroxylation is 2. The van der Waals surface area contributed by atoms with E-state index < -0.39 is 0 Å². The number of furan rings is 1. The number of rotatable bonds is 5. The Balaban J connectivity index is 1.72. The molecule has 0 aliphatic carbocycles. The second-order valence-electron chi connectivity index (χ2n) is 5.96. The molecule has 3 heterocycles. The highest BCUT2D eigenvalue weighted by molar-refractivity contribution is 5.95. The quantitative estimate of drug-likeness (QED) is 0.910. The number of pyridine rings is 1. The number of amides is 1. The van der Waals surface area contributed by atoms with Gasteiger partial charge in [-0.25, -0.2) is 0 Å². The van der Waals surface area contributed by atoms with Crippen molar-refractivity contribution in [3.05, 3.63) is 53.2 Å². The average molecular weight is 329 g/mol. The van der Waals surface area contributed by atoms with Crippen LogP contribution < -0.4 is 5.32 Å². The molecular weight excluding hydrogens is 306 g/mol. The van der Waals surface area contributed by atoms with Gasteiger partial charge in [-0.1, -0.05) is 6.07 Å². The topological polar surface area (TPSA) is 67.6 Å². The van der Waals surface area contributed by atoms with Gasteiger partial charge >= 0.3 is 0 Å². The molecule has 1 fully saturated rings. The molecule has 6 nitrogen and oxygen atoms in total. The molecule has 0 bridgehead atoms. The van der Waals surface area contributed by atoms with Crippen LogP contribution in [-0.4, -0.2) is 48.6 Å². The van der Waals surface area contributed by atoms with E-state index in [1.165, 1.54) is 0 Å². The molecule has 1 unspecified atom stereocenters. The standard InChI is InChI=1S/C18H23N3O3/c1-13-11-15(14(2)24-13)18(22)20-12-17(16-5-3-4-6-19-16)21-7-9-23-10-8-21/h3-6,11,17H,7-10,12H2,1-2H3,(H,20,22). The first kappa shape index (κ1) is 16.7. The van der Waals surface area contributed by atoms with E-state index in [4.69, 9.17) is 9.15 Å². The van der Waals surface area contributed by atoms with Crippen LogP contribution in [0.5, 0.6) is 0 Å². The summed E-state index contributed by atoms with van der Waals surface area (Å²) in [6.45, 7) is 7.23. The number of aromatic nitrogens is 1. The first-order valence-electron chi connectivity index (χ1n) is 8.23. The molecule has 1 atom stereocenters. The molecular formula is C18H23N3O3. The van der Waals surface area contributed by atoms with E-state index in [0.29, 0.717) is 31.1 Å². The molecule has 24 heavy (non-hydrogen) atoms. The summed E-state index contributed by atoms with van der Waals surface area (Å²) in [7, 11) is 0. The van der Waals surface area contributed by atoms with Gasteiger partial charge in [-0.05, 0) is 32.0 Å². The third-order valence-corrected chi connectivity index (χ3v) is 4.26. The molecule has 0 spiro atoms. The van der Waals surface area contributed by atoms with E-state index in [1.807, 2.05) is 25.1 Å². The average Bonchev–Trinajstić information content (AvgIpc) is 2.95. The van der Waals surface area contributed by atoms with Gasteiger partial charge in [0, 0.05) is 25.8 Å². The highest BCUT2D eigenvalue weighted by atomic mass is 16.5. The SMILES string of the molecule is Cc1cc(C(=O)NCC(c2ccccn2)N2CCOCC2)c(C)o1. The number of morpholine rings is 1. The van der Waals surface area contributed by atoms with Crippen molar-refractivity contribution in [3.8, 4) is 0 Å². The molecule has 6 heteroatoms. The Labute approximate surface area is 141 Å². The van der Waals surface area contributed by atoms with Gasteiger partial charge in [0.25, 0.3) is 5.91 Å². The molecule has 2 aromatic rings. The highest BCUT2D eigenvalue weighted by Gasteiger charge is 2.24. The molecule has 0 saturated carbocycles. The van der Waals surface area contributed by atoms with Crippen LogP contribution in [0.15, 0.2) is 34.9 Å². The molecule has 0 radical (unpaired) electrons. The first-order valence-corrected chi connectivity index (χ1v) is 8.23. The summed E-state index contributed by atoms with van der Waals surface area (Å²) in [5.41, 5.74) is 1.55. The Morgan fingerprint density at radius 3 is 2.75 bits per heavy atom. The molecule has 3 rings (SSSR count). The van der Waals surface area contributed by atoms with Crippen molar-refractivity contribution in [3.63, 3.8) is 0 Å². The first-order chi connectivity index (χ1) is 11.6. The lowest BCUT2D eigenvalue weighted by molar-refractivity contribution is 0.0154. The number of hydrogen-bond acceptors (Lipinski definition) is 5. The minimum absolute atomic E-state index is 0.0346. The molecule has 1 amide bonds. The number of hydrogen-bond donors (Lipinski definition) is 1. The summed E-state index contributed by atoms with van der Waals surface area (Å²) in [5.74, 6) is 1.27. The minimum Gasteiger partial charge on any atom is -0.466 e. The Morgan fingerprint density at radius 2 is 2.12 bits per heavy atom. The molecule has 0 aromatic carbocycles. The molecule has 1 saturated heterocycles. The van der Waals surface area contributed by atoms with E-state index >= 15 is 0 Å². The molecule has 2 aromatic heterocycles. The van der Waals surface area contributed by atoms with Crippen LogP contribution in [0.1, 0.15) is 33.6 Å². The lowest BCUT2D eigenvalue weighted by atomic mass is 10.1. The van der Waals surface area contributed by atoms with Crippen molar-refractivity contribution in [2.75, 3.05) is 32.8 Å². The third kappa shape index (κ3) is 3.83. The van der Waals surface area contributed by atoms with Crippen molar-refractivity contribution in [2.24, 2.45) is 0 Å². The Bertz CT molecular complexity index is 678. The van der Waals surface area contributed by atoms with Gasteiger partial charge in [-0.15, -0.1) is 0 Å². The van der Waals surface area contributed by atoms with E-state index in [2.05, 4.69) is 15.2 Å². The fraction of sp³-hybridized carbons (Fsp3) is 0.444.